The number of piperazine rings is 1. The van der Waals surface area contributed by atoms with E-state index in [1.807, 2.05) is 60.4 Å². The van der Waals surface area contributed by atoms with Gasteiger partial charge in [0.1, 0.15) is 15.9 Å². The SMILES string of the molecule is Cc1ccccc1Cn1c(C(=O)N2CCN(C(=O)[C@@H](Cl)c3ccccc3)[C@H](C)C2)cc2ccsc21. The van der Waals surface area contributed by atoms with E-state index in [9.17, 15) is 9.59 Å². The van der Waals surface area contributed by atoms with Crippen LogP contribution in [0.2, 0.25) is 0 Å². The van der Waals surface area contributed by atoms with Crippen LogP contribution in [0.15, 0.2) is 72.1 Å². The van der Waals surface area contributed by atoms with Crippen LogP contribution < -0.4 is 0 Å². The van der Waals surface area contributed by atoms with Crippen LogP contribution in [0.3, 0.4) is 0 Å². The Morgan fingerprint density at radius 1 is 1.06 bits per heavy atom. The summed E-state index contributed by atoms with van der Waals surface area (Å²) >= 11 is 8.17. The lowest BCUT2D eigenvalue weighted by molar-refractivity contribution is -0.135. The molecule has 1 aliphatic rings. The molecule has 5 nitrogen and oxygen atoms in total. The van der Waals surface area contributed by atoms with E-state index in [1.54, 1.807) is 16.2 Å². The summed E-state index contributed by atoms with van der Waals surface area (Å²) in [5.41, 5.74) is 3.89. The fourth-order valence-electron chi connectivity index (χ4n) is 4.81. The van der Waals surface area contributed by atoms with E-state index >= 15 is 0 Å². The summed E-state index contributed by atoms with van der Waals surface area (Å²) in [6.45, 7) is 6.16. The van der Waals surface area contributed by atoms with Crippen molar-refractivity contribution in [2.24, 2.45) is 0 Å². The van der Waals surface area contributed by atoms with Crippen molar-refractivity contribution in [1.29, 1.82) is 0 Å². The third-order valence-corrected chi connectivity index (χ3v) is 8.21. The Morgan fingerprint density at radius 3 is 2.54 bits per heavy atom. The molecule has 2 amide bonds. The molecule has 0 spiro atoms. The number of thiophene rings is 1. The molecule has 2 aromatic carbocycles. The number of rotatable bonds is 5. The van der Waals surface area contributed by atoms with Crippen LogP contribution in [-0.4, -0.2) is 51.9 Å². The highest BCUT2D eigenvalue weighted by atomic mass is 35.5. The minimum Gasteiger partial charge on any atom is -0.335 e. The number of fused-ring (bicyclic) bond motifs is 1. The van der Waals surface area contributed by atoms with Gasteiger partial charge < -0.3 is 14.4 Å². The van der Waals surface area contributed by atoms with Crippen molar-refractivity contribution in [3.63, 3.8) is 0 Å². The lowest BCUT2D eigenvalue weighted by Gasteiger charge is -2.40. The van der Waals surface area contributed by atoms with Gasteiger partial charge in [-0.2, -0.15) is 0 Å². The van der Waals surface area contributed by atoms with Gasteiger partial charge in [0.2, 0.25) is 5.91 Å². The number of alkyl halides is 1. The monoisotopic (exact) mass is 505 g/mol. The van der Waals surface area contributed by atoms with E-state index in [2.05, 4.69) is 35.1 Å². The van der Waals surface area contributed by atoms with Gasteiger partial charge in [-0.05, 0) is 48.1 Å². The molecule has 7 heteroatoms. The zero-order valence-corrected chi connectivity index (χ0v) is 21.4. The zero-order chi connectivity index (χ0) is 24.5. The smallest absolute Gasteiger partial charge is 0.270 e. The van der Waals surface area contributed by atoms with Gasteiger partial charge in [0.25, 0.3) is 5.91 Å². The second-order valence-electron chi connectivity index (χ2n) is 9.13. The van der Waals surface area contributed by atoms with Crippen molar-refractivity contribution in [1.82, 2.24) is 14.4 Å². The maximum absolute atomic E-state index is 13.7. The van der Waals surface area contributed by atoms with Crippen LogP contribution in [0.25, 0.3) is 10.2 Å². The van der Waals surface area contributed by atoms with Crippen molar-refractivity contribution in [3.8, 4) is 0 Å². The normalized spacial score (nSPS) is 17.1. The first-order valence-corrected chi connectivity index (χ1v) is 13.2. The van der Waals surface area contributed by atoms with Gasteiger partial charge in [0, 0.05) is 37.6 Å². The summed E-state index contributed by atoms with van der Waals surface area (Å²) < 4.78 is 2.14. The predicted octanol–water partition coefficient (Wildman–Crippen LogP) is 5.71. The maximum Gasteiger partial charge on any atom is 0.270 e. The first kappa shape index (κ1) is 23.6. The third kappa shape index (κ3) is 4.60. The first-order valence-electron chi connectivity index (χ1n) is 11.8. The fraction of sp³-hybridized carbons (Fsp3) is 0.286. The molecule has 0 aliphatic carbocycles. The topological polar surface area (TPSA) is 45.6 Å². The summed E-state index contributed by atoms with van der Waals surface area (Å²) in [6, 6.07) is 21.6. The molecule has 0 N–H and O–H groups in total. The molecule has 0 bridgehead atoms. The van der Waals surface area contributed by atoms with E-state index in [1.165, 1.54) is 11.1 Å². The van der Waals surface area contributed by atoms with Gasteiger partial charge in [0.05, 0.1) is 0 Å². The average molecular weight is 506 g/mol. The number of carbonyl (C=O) groups is 2. The molecule has 3 heterocycles. The van der Waals surface area contributed by atoms with Crippen molar-refractivity contribution in [2.75, 3.05) is 19.6 Å². The van der Waals surface area contributed by atoms with Crippen molar-refractivity contribution in [2.45, 2.75) is 31.8 Å². The number of amides is 2. The predicted molar refractivity (Wildman–Crippen MR) is 142 cm³/mol. The molecule has 0 radical (unpaired) electrons. The molecule has 1 aliphatic heterocycles. The Kier molecular flexibility index (Phi) is 6.67. The van der Waals surface area contributed by atoms with Crippen LogP contribution >= 0.6 is 22.9 Å². The maximum atomic E-state index is 13.7. The van der Waals surface area contributed by atoms with Crippen molar-refractivity contribution < 1.29 is 9.59 Å². The number of carbonyl (C=O) groups excluding carboxylic acids is 2. The minimum atomic E-state index is -0.723. The van der Waals surface area contributed by atoms with Gasteiger partial charge in [-0.25, -0.2) is 0 Å². The standard InChI is InChI=1S/C28H28ClN3O2S/c1-19-8-6-7-11-23(19)18-32-24(16-22-12-15-35-28(22)32)26(33)30-13-14-31(20(2)17-30)27(34)25(29)21-9-4-3-5-10-21/h3-12,15-16,20,25H,13-14,17-18H2,1-2H3/t20-,25+/m1/s1. The molecule has 1 fully saturated rings. The molecule has 180 valence electrons. The summed E-state index contributed by atoms with van der Waals surface area (Å²) in [5.74, 6) is -0.104. The van der Waals surface area contributed by atoms with E-state index in [4.69, 9.17) is 11.6 Å². The molecule has 5 rings (SSSR count). The van der Waals surface area contributed by atoms with Gasteiger partial charge in [-0.15, -0.1) is 22.9 Å². The quantitative estimate of drug-likeness (QED) is 0.326. The number of aryl methyl sites for hydroxylation is 1. The Morgan fingerprint density at radius 2 is 1.80 bits per heavy atom. The van der Waals surface area contributed by atoms with Crippen LogP contribution in [0.4, 0.5) is 0 Å². The van der Waals surface area contributed by atoms with Crippen LogP contribution in [-0.2, 0) is 11.3 Å². The first-order chi connectivity index (χ1) is 16.9. The third-order valence-electron chi connectivity index (χ3n) is 6.82. The number of halogens is 1. The summed E-state index contributed by atoms with van der Waals surface area (Å²) in [4.78, 5) is 31.6. The molecular formula is C28H28ClN3O2S. The van der Waals surface area contributed by atoms with Crippen LogP contribution in [0.5, 0.6) is 0 Å². The van der Waals surface area contributed by atoms with E-state index < -0.39 is 5.38 Å². The van der Waals surface area contributed by atoms with Crippen LogP contribution in [0, 0.1) is 6.92 Å². The molecule has 0 saturated carbocycles. The Bertz CT molecular complexity index is 1360. The Labute approximate surface area is 214 Å². The van der Waals surface area contributed by atoms with Crippen LogP contribution in [0.1, 0.15) is 39.5 Å². The zero-order valence-electron chi connectivity index (χ0n) is 19.9. The van der Waals surface area contributed by atoms with Gasteiger partial charge in [-0.1, -0.05) is 54.6 Å². The van der Waals surface area contributed by atoms with Gasteiger partial charge >= 0.3 is 0 Å². The van der Waals surface area contributed by atoms with Crippen molar-refractivity contribution in [3.05, 3.63) is 94.5 Å². The number of benzene rings is 2. The Hall–Kier alpha value is -3.09. The second kappa shape index (κ2) is 9.88. The summed E-state index contributed by atoms with van der Waals surface area (Å²) in [5, 5.41) is 2.43. The van der Waals surface area contributed by atoms with E-state index in [-0.39, 0.29) is 17.9 Å². The van der Waals surface area contributed by atoms with Gasteiger partial charge in [0.15, 0.2) is 0 Å². The molecule has 2 aromatic heterocycles. The lowest BCUT2D eigenvalue weighted by Crippen LogP contribution is -2.56. The summed E-state index contributed by atoms with van der Waals surface area (Å²) in [7, 11) is 0. The highest BCUT2D eigenvalue weighted by Crippen LogP contribution is 2.29. The lowest BCUT2D eigenvalue weighted by atomic mass is 10.1. The molecule has 0 unspecified atom stereocenters. The second-order valence-corrected chi connectivity index (χ2v) is 10.5. The molecule has 2 atom stereocenters. The summed E-state index contributed by atoms with van der Waals surface area (Å²) in [6.07, 6.45) is 0. The Balaban J connectivity index is 1.35. The highest BCUT2D eigenvalue weighted by molar-refractivity contribution is 7.16. The molecular weight excluding hydrogens is 478 g/mol. The van der Waals surface area contributed by atoms with Gasteiger partial charge in [-0.3, -0.25) is 9.59 Å². The number of hydrogen-bond acceptors (Lipinski definition) is 3. The number of nitrogens with zero attached hydrogens (tertiary/aromatic N) is 3. The molecule has 35 heavy (non-hydrogen) atoms. The molecule has 1 saturated heterocycles. The minimum absolute atomic E-state index is 0.00594. The molecule has 4 aromatic rings. The largest absolute Gasteiger partial charge is 0.335 e. The number of hydrogen-bond donors (Lipinski definition) is 0. The number of aromatic nitrogens is 1. The highest BCUT2D eigenvalue weighted by Gasteiger charge is 2.34. The fourth-order valence-corrected chi connectivity index (χ4v) is 5.98. The van der Waals surface area contributed by atoms with E-state index in [0.717, 1.165) is 15.8 Å². The van der Waals surface area contributed by atoms with E-state index in [0.29, 0.717) is 31.9 Å². The average Bonchev–Trinajstić information content (AvgIpc) is 3.47. The van der Waals surface area contributed by atoms with Crippen molar-refractivity contribution >= 4 is 45.0 Å².